The van der Waals surface area contributed by atoms with Gasteiger partial charge in [-0.3, -0.25) is 14.4 Å². The van der Waals surface area contributed by atoms with Gasteiger partial charge in [0.1, 0.15) is 13.2 Å². The molecule has 0 radical (unpaired) electrons. The maximum absolute atomic E-state index is 12.9. The summed E-state index contributed by atoms with van der Waals surface area (Å²) in [6, 6.07) is 0. The number of allylic oxidation sites excluding steroid dienone is 4. The van der Waals surface area contributed by atoms with Crippen LogP contribution in [0, 0.1) is 0 Å². The number of carbonyl (C=O) groups is 3. The SMILES string of the molecule is CCCCCCCC/C=C\CCCCCCCCCC(=O)OCC(COC(=O)CCCCCCCCCCCCCCCCCCCCCCCCCCC)OC(=O)CCCCCCCCC/C=C\CCCCCCCCC. The molecule has 0 heterocycles. The number of unbranched alkanes of at least 4 members (excludes halogenated alkanes) is 51. The fourth-order valence-electron chi connectivity index (χ4n) is 10.8. The summed E-state index contributed by atoms with van der Waals surface area (Å²) in [5.41, 5.74) is 0. The topological polar surface area (TPSA) is 78.9 Å². The Balaban J connectivity index is 4.26. The molecule has 0 aliphatic carbocycles. The summed E-state index contributed by atoms with van der Waals surface area (Å²) in [7, 11) is 0. The van der Waals surface area contributed by atoms with E-state index in [9.17, 15) is 14.4 Å². The molecule has 1 unspecified atom stereocenters. The fourth-order valence-corrected chi connectivity index (χ4v) is 10.8. The van der Waals surface area contributed by atoms with Crippen molar-refractivity contribution in [3.05, 3.63) is 24.3 Å². The summed E-state index contributed by atoms with van der Waals surface area (Å²) in [6.45, 7) is 6.71. The molecule has 0 aliphatic rings. The van der Waals surface area contributed by atoms with E-state index in [2.05, 4.69) is 45.1 Å². The van der Waals surface area contributed by atoms with Gasteiger partial charge in [0.25, 0.3) is 0 Å². The summed E-state index contributed by atoms with van der Waals surface area (Å²) >= 11 is 0. The first kappa shape index (κ1) is 75.9. The summed E-state index contributed by atoms with van der Waals surface area (Å²) in [4.78, 5) is 38.4. The quantitative estimate of drug-likeness (QED) is 0.0261. The van der Waals surface area contributed by atoms with Crippen molar-refractivity contribution < 1.29 is 28.6 Å². The average Bonchev–Trinajstić information content (AvgIpc) is 3.44. The Morgan fingerprint density at radius 2 is 0.423 bits per heavy atom. The van der Waals surface area contributed by atoms with Crippen molar-refractivity contribution in [2.75, 3.05) is 13.2 Å². The zero-order valence-electron chi connectivity index (χ0n) is 53.0. The van der Waals surface area contributed by atoms with Crippen LogP contribution in [0.5, 0.6) is 0 Å². The van der Waals surface area contributed by atoms with E-state index in [0.717, 1.165) is 57.8 Å². The number of carbonyl (C=O) groups excluding carboxylic acids is 3. The molecule has 0 bridgehead atoms. The maximum Gasteiger partial charge on any atom is 0.306 e. The molecule has 6 heteroatoms. The Hall–Kier alpha value is -2.11. The number of esters is 3. The van der Waals surface area contributed by atoms with Crippen molar-refractivity contribution in [3.8, 4) is 0 Å². The first-order valence-corrected chi connectivity index (χ1v) is 35.3. The van der Waals surface area contributed by atoms with Gasteiger partial charge in [-0.1, -0.05) is 334 Å². The Kier molecular flexibility index (Phi) is 65.6. The fraction of sp³-hybridized carbons (Fsp3) is 0.903. The van der Waals surface area contributed by atoms with Crippen molar-refractivity contribution in [2.24, 2.45) is 0 Å². The Morgan fingerprint density at radius 1 is 0.244 bits per heavy atom. The molecule has 0 aromatic heterocycles. The highest BCUT2D eigenvalue weighted by molar-refractivity contribution is 5.71. The molecule has 0 saturated carbocycles. The van der Waals surface area contributed by atoms with Crippen LogP contribution in [0.15, 0.2) is 24.3 Å². The van der Waals surface area contributed by atoms with Crippen LogP contribution < -0.4 is 0 Å². The molecule has 460 valence electrons. The van der Waals surface area contributed by atoms with Gasteiger partial charge in [-0.15, -0.1) is 0 Å². The minimum Gasteiger partial charge on any atom is -0.462 e. The third kappa shape index (κ3) is 64.7. The normalized spacial score (nSPS) is 12.1. The Morgan fingerprint density at radius 3 is 0.641 bits per heavy atom. The van der Waals surface area contributed by atoms with Gasteiger partial charge in [-0.25, -0.2) is 0 Å². The maximum atomic E-state index is 12.9. The molecular weight excluding hydrogens is 961 g/mol. The van der Waals surface area contributed by atoms with Gasteiger partial charge < -0.3 is 14.2 Å². The summed E-state index contributed by atoms with van der Waals surface area (Å²) in [6.07, 6.45) is 82.0. The van der Waals surface area contributed by atoms with Crippen LogP contribution in [0.3, 0.4) is 0 Å². The lowest BCUT2D eigenvalue weighted by molar-refractivity contribution is -0.167. The second-order valence-corrected chi connectivity index (χ2v) is 24.1. The standard InChI is InChI=1S/C72H136O6/c1-4-7-10-13-16-19-22-25-28-31-33-34-35-36-37-38-39-42-44-47-50-53-56-59-62-65-71(74)77-68-69(67-76-70(73)64-61-58-55-52-49-46-43-40-30-27-24-21-18-15-12-9-6-3)78-72(75)66-63-60-57-54-51-48-45-41-32-29-26-23-20-17-14-11-8-5-2/h27,29-30,32,69H,4-26,28,31,33-68H2,1-3H3/b30-27-,32-29-. The molecule has 0 aliphatic heterocycles. The highest BCUT2D eigenvalue weighted by Crippen LogP contribution is 2.19. The zero-order valence-corrected chi connectivity index (χ0v) is 53.0. The van der Waals surface area contributed by atoms with Gasteiger partial charge in [-0.05, 0) is 70.6 Å². The van der Waals surface area contributed by atoms with Crippen molar-refractivity contribution in [3.63, 3.8) is 0 Å². The van der Waals surface area contributed by atoms with Gasteiger partial charge >= 0.3 is 17.9 Å². The van der Waals surface area contributed by atoms with Gasteiger partial charge in [0.15, 0.2) is 6.10 Å². The van der Waals surface area contributed by atoms with Crippen molar-refractivity contribution >= 4 is 17.9 Å². The van der Waals surface area contributed by atoms with Crippen molar-refractivity contribution in [1.82, 2.24) is 0 Å². The molecule has 0 aromatic rings. The molecule has 0 spiro atoms. The van der Waals surface area contributed by atoms with Crippen LogP contribution in [0.4, 0.5) is 0 Å². The molecule has 0 aromatic carbocycles. The monoisotopic (exact) mass is 1100 g/mol. The molecule has 0 fully saturated rings. The minimum absolute atomic E-state index is 0.0689. The second-order valence-electron chi connectivity index (χ2n) is 24.1. The number of ether oxygens (including phenoxy) is 3. The van der Waals surface area contributed by atoms with E-state index in [4.69, 9.17) is 14.2 Å². The minimum atomic E-state index is -0.774. The molecule has 0 amide bonds. The third-order valence-electron chi connectivity index (χ3n) is 16.2. The van der Waals surface area contributed by atoms with Crippen LogP contribution >= 0.6 is 0 Å². The van der Waals surface area contributed by atoms with Crippen LogP contribution in [0.2, 0.25) is 0 Å². The van der Waals surface area contributed by atoms with E-state index in [0.29, 0.717) is 19.3 Å². The summed E-state index contributed by atoms with van der Waals surface area (Å²) < 4.78 is 17.0. The molecule has 78 heavy (non-hydrogen) atoms. The molecular formula is C72H136O6. The van der Waals surface area contributed by atoms with Crippen molar-refractivity contribution in [1.29, 1.82) is 0 Å². The first-order valence-electron chi connectivity index (χ1n) is 35.3. The van der Waals surface area contributed by atoms with Gasteiger partial charge in [-0.2, -0.15) is 0 Å². The molecule has 0 N–H and O–H groups in total. The van der Waals surface area contributed by atoms with E-state index in [1.165, 1.54) is 302 Å². The van der Waals surface area contributed by atoms with Crippen molar-refractivity contribution in [2.45, 2.75) is 406 Å². The van der Waals surface area contributed by atoms with Crippen LogP contribution in [-0.4, -0.2) is 37.2 Å². The highest BCUT2D eigenvalue weighted by Gasteiger charge is 2.19. The van der Waals surface area contributed by atoms with E-state index in [-0.39, 0.29) is 31.1 Å². The van der Waals surface area contributed by atoms with Gasteiger partial charge in [0.2, 0.25) is 0 Å². The van der Waals surface area contributed by atoms with Gasteiger partial charge in [0, 0.05) is 19.3 Å². The van der Waals surface area contributed by atoms with Crippen LogP contribution in [0.25, 0.3) is 0 Å². The summed E-state index contributed by atoms with van der Waals surface area (Å²) in [5, 5.41) is 0. The number of hydrogen-bond acceptors (Lipinski definition) is 6. The number of rotatable bonds is 66. The molecule has 0 saturated heterocycles. The lowest BCUT2D eigenvalue weighted by atomic mass is 10.0. The predicted octanol–water partition coefficient (Wildman–Crippen LogP) is 24.2. The van der Waals surface area contributed by atoms with Crippen LogP contribution in [0.1, 0.15) is 400 Å². The van der Waals surface area contributed by atoms with Gasteiger partial charge in [0.05, 0.1) is 0 Å². The first-order chi connectivity index (χ1) is 38.5. The van der Waals surface area contributed by atoms with E-state index in [1.54, 1.807) is 0 Å². The highest BCUT2D eigenvalue weighted by atomic mass is 16.6. The second kappa shape index (κ2) is 67.4. The largest absolute Gasteiger partial charge is 0.462 e. The lowest BCUT2D eigenvalue weighted by Crippen LogP contribution is -2.30. The average molecular weight is 1100 g/mol. The van der Waals surface area contributed by atoms with Crippen LogP contribution in [-0.2, 0) is 28.6 Å². The third-order valence-corrected chi connectivity index (χ3v) is 16.2. The Labute approximate surface area is 487 Å². The number of hydrogen-bond donors (Lipinski definition) is 0. The lowest BCUT2D eigenvalue weighted by Gasteiger charge is -2.18. The summed E-state index contributed by atoms with van der Waals surface area (Å²) in [5.74, 6) is -0.847. The predicted molar refractivity (Wildman–Crippen MR) is 340 cm³/mol. The van der Waals surface area contributed by atoms with E-state index >= 15 is 0 Å². The van der Waals surface area contributed by atoms with E-state index in [1.807, 2.05) is 0 Å². The Bertz CT molecular complexity index is 1260. The molecule has 6 nitrogen and oxygen atoms in total. The smallest absolute Gasteiger partial charge is 0.306 e. The molecule has 1 atom stereocenters. The molecule has 0 rings (SSSR count). The zero-order chi connectivity index (χ0) is 56.4. The van der Waals surface area contributed by atoms with E-state index < -0.39 is 6.10 Å².